The first kappa shape index (κ1) is 24.4. The minimum atomic E-state index is -2.72. The monoisotopic (exact) mass is 453 g/mol. The Kier molecular flexibility index (Phi) is 8.86. The lowest BCUT2D eigenvalue weighted by Crippen LogP contribution is -2.85. The molecule has 2 saturated heterocycles. The van der Waals surface area contributed by atoms with Crippen molar-refractivity contribution in [1.82, 2.24) is 0 Å². The molecule has 7 heteroatoms. The molecule has 5 rings (SSSR count). The highest BCUT2D eigenvalue weighted by molar-refractivity contribution is 7.71. The van der Waals surface area contributed by atoms with E-state index in [1.165, 1.54) is 32.4 Å². The fourth-order valence-corrected chi connectivity index (χ4v) is 6.26. The second kappa shape index (κ2) is 11.6. The summed E-state index contributed by atoms with van der Waals surface area (Å²) in [6.07, 6.45) is 4.72. The Morgan fingerprint density at radius 1 is 0.656 bits per heavy atom. The van der Waals surface area contributed by atoms with Crippen molar-refractivity contribution in [3.8, 4) is 0 Å². The Labute approximate surface area is 190 Å². The van der Waals surface area contributed by atoms with Crippen LogP contribution in [0.15, 0.2) is 91.0 Å². The van der Waals surface area contributed by atoms with Gasteiger partial charge in [0.2, 0.25) is 0 Å². The molecule has 32 heavy (non-hydrogen) atoms. The van der Waals surface area contributed by atoms with E-state index in [0.717, 1.165) is 16.2 Å². The third-order valence-corrected chi connectivity index (χ3v) is 8.43. The van der Waals surface area contributed by atoms with Crippen LogP contribution in [0.5, 0.6) is 0 Å². The summed E-state index contributed by atoms with van der Waals surface area (Å²) >= 11 is 0. The van der Waals surface area contributed by atoms with Crippen molar-refractivity contribution >= 4 is 29.9 Å². The Morgan fingerprint density at radius 2 is 1.09 bits per heavy atom. The molecule has 0 spiro atoms. The smallest absolute Gasteiger partial charge is 0.299 e. The molecule has 170 valence electrons. The first-order valence-corrected chi connectivity index (χ1v) is 13.3. The summed E-state index contributed by atoms with van der Waals surface area (Å²) < 4.78 is 25.9. The molecule has 0 amide bonds. The van der Waals surface area contributed by atoms with E-state index in [9.17, 15) is 4.57 Å². The highest BCUT2D eigenvalue weighted by atomic mass is 31.2. The lowest BCUT2D eigenvalue weighted by molar-refractivity contribution is -0.662. The van der Waals surface area contributed by atoms with Gasteiger partial charge in [-0.2, -0.15) is 0 Å². The van der Waals surface area contributed by atoms with E-state index in [-0.39, 0.29) is 18.2 Å². The first-order chi connectivity index (χ1) is 15.2. The highest BCUT2D eigenvalue weighted by Crippen LogP contribution is 2.48. The highest BCUT2D eigenvalue weighted by Gasteiger charge is 2.40. The number of nitrogens with two attached hydrogens (primary N) is 1. The molecule has 3 aromatic rings. The molecule has 0 radical (unpaired) electrons. The largest absolute Gasteiger partial charge is 0.555 e. The lowest BCUT2D eigenvalue weighted by atomic mass is 9.46. The summed E-state index contributed by atoms with van der Waals surface area (Å²) in [5, 5.41) is 3.20. The van der Waals surface area contributed by atoms with Gasteiger partial charge in [0.25, 0.3) is 6.55 Å². The summed E-state index contributed by atoms with van der Waals surface area (Å²) in [7, 11) is -2.72. The molecule has 0 aromatic heterocycles. The summed E-state index contributed by atoms with van der Waals surface area (Å²) in [6, 6.07) is 29.3. The predicted octanol–water partition coefficient (Wildman–Crippen LogP) is 1.80. The molecule has 3 aromatic carbocycles. The van der Waals surface area contributed by atoms with Crippen LogP contribution < -0.4 is 21.5 Å². The molecule has 5 nitrogen and oxygen atoms in total. The normalized spacial score (nSPS) is 19.0. The Balaban J connectivity index is 0.000000360. The number of quaternary nitrogens is 1. The van der Waals surface area contributed by atoms with E-state index >= 15 is 0 Å². The molecule has 4 N–H and O–H groups in total. The standard InChI is InChI=1S/C20H19BO3P.C5H11N.H2O/c22-25(20-14-8-3-9-15-20)16-23-21(24-17-25,18-10-4-1-5-11-18)19-12-6-2-7-13-19;1-2-4-6-5-3-1;/h1-15H,16-17H2;6H,1-5H2;1H2/q-1;;/p+1. The van der Waals surface area contributed by atoms with E-state index in [4.69, 9.17) is 9.31 Å². The van der Waals surface area contributed by atoms with Crippen molar-refractivity contribution in [2.45, 2.75) is 19.3 Å². The number of hydrogen-bond acceptors (Lipinski definition) is 3. The maximum Gasteiger partial charge on any atom is 0.299 e. The van der Waals surface area contributed by atoms with Crippen molar-refractivity contribution in [1.29, 1.82) is 0 Å². The lowest BCUT2D eigenvalue weighted by Gasteiger charge is -2.48. The molecule has 2 aliphatic heterocycles. The quantitative estimate of drug-likeness (QED) is 0.485. The SMILES string of the molecule is C1CC[NH2+]CC1.O.O=P1(c2ccccc2)CO[B-](c2ccccc2)(c2ccccc2)OC1. The van der Waals surface area contributed by atoms with Crippen LogP contribution in [0.2, 0.25) is 0 Å². The van der Waals surface area contributed by atoms with Gasteiger partial charge >= 0.3 is 0 Å². The fourth-order valence-electron chi connectivity index (χ4n) is 4.27. The molecule has 0 bridgehead atoms. The van der Waals surface area contributed by atoms with Crippen molar-refractivity contribution in [2.24, 2.45) is 0 Å². The average molecular weight is 453 g/mol. The molecule has 0 unspecified atom stereocenters. The van der Waals surface area contributed by atoms with Crippen LogP contribution in [0.3, 0.4) is 0 Å². The van der Waals surface area contributed by atoms with Gasteiger partial charge < -0.3 is 24.7 Å². The summed E-state index contributed by atoms with van der Waals surface area (Å²) in [5.74, 6) is 0. The van der Waals surface area contributed by atoms with Gasteiger partial charge in [-0.05, 0) is 19.3 Å². The van der Waals surface area contributed by atoms with Crippen LogP contribution in [0.4, 0.5) is 0 Å². The van der Waals surface area contributed by atoms with E-state index in [0.29, 0.717) is 0 Å². The van der Waals surface area contributed by atoms with Gasteiger partial charge in [0.05, 0.1) is 25.8 Å². The van der Waals surface area contributed by atoms with Crippen molar-refractivity contribution in [3.05, 3.63) is 91.0 Å². The average Bonchev–Trinajstić information content (AvgIpc) is 2.88. The van der Waals surface area contributed by atoms with E-state index in [2.05, 4.69) is 5.32 Å². The third kappa shape index (κ3) is 5.58. The molecule has 0 aliphatic carbocycles. The Bertz CT molecular complexity index is 920. The Hall–Kier alpha value is -2.21. The minimum Gasteiger partial charge on any atom is -0.555 e. The van der Waals surface area contributed by atoms with Crippen molar-refractivity contribution in [3.63, 3.8) is 0 Å². The maximum absolute atomic E-state index is 13.3. The van der Waals surface area contributed by atoms with Gasteiger partial charge in [-0.25, -0.2) is 0 Å². The zero-order valence-corrected chi connectivity index (χ0v) is 19.3. The molecule has 2 fully saturated rings. The van der Waals surface area contributed by atoms with E-state index < -0.39 is 13.7 Å². The van der Waals surface area contributed by atoms with Gasteiger partial charge in [-0.15, -0.1) is 10.9 Å². The van der Waals surface area contributed by atoms with E-state index in [1.54, 1.807) is 0 Å². The summed E-state index contributed by atoms with van der Waals surface area (Å²) in [4.78, 5) is 0. The van der Waals surface area contributed by atoms with Gasteiger partial charge in [0.15, 0.2) is 7.14 Å². The van der Waals surface area contributed by atoms with Gasteiger partial charge in [-0.1, -0.05) is 91.0 Å². The zero-order chi connectivity index (χ0) is 21.4. The summed E-state index contributed by atoms with van der Waals surface area (Å²) in [6.45, 7) is 0.915. The van der Waals surface area contributed by atoms with Crippen LogP contribution in [0.25, 0.3) is 0 Å². The number of rotatable bonds is 3. The van der Waals surface area contributed by atoms with Gasteiger partial charge in [-0.3, -0.25) is 0 Å². The first-order valence-electron chi connectivity index (χ1n) is 11.2. The summed E-state index contributed by atoms with van der Waals surface area (Å²) in [5.41, 5.74) is 1.93. The predicted molar refractivity (Wildman–Crippen MR) is 133 cm³/mol. The molecular formula is C25H33BNO4P. The second-order valence-electron chi connectivity index (χ2n) is 8.28. The zero-order valence-electron chi connectivity index (χ0n) is 18.4. The molecule has 2 heterocycles. The second-order valence-corrected chi connectivity index (χ2v) is 11.1. The number of piperidine rings is 1. The number of hydrogen-bond donors (Lipinski definition) is 1. The van der Waals surface area contributed by atoms with Crippen molar-refractivity contribution < 1.29 is 24.7 Å². The molecular weight excluding hydrogens is 420 g/mol. The maximum atomic E-state index is 13.3. The minimum absolute atomic E-state index is 0. The molecule has 0 atom stereocenters. The number of benzene rings is 3. The molecule has 0 saturated carbocycles. The van der Waals surface area contributed by atoms with Gasteiger partial charge in [0.1, 0.15) is 0 Å². The molecule has 2 aliphatic rings. The van der Waals surface area contributed by atoms with Gasteiger partial charge in [0, 0.05) is 5.30 Å². The fraction of sp³-hybridized carbons (Fsp3) is 0.280. The third-order valence-electron chi connectivity index (χ3n) is 6.06. The Morgan fingerprint density at radius 3 is 1.47 bits per heavy atom. The van der Waals surface area contributed by atoms with Crippen LogP contribution in [0.1, 0.15) is 19.3 Å². The van der Waals surface area contributed by atoms with E-state index in [1.807, 2.05) is 91.0 Å². The topological polar surface area (TPSA) is 83.6 Å². The van der Waals surface area contributed by atoms with Crippen LogP contribution in [-0.2, 0) is 13.9 Å². The van der Waals surface area contributed by atoms with Crippen LogP contribution >= 0.6 is 7.14 Å². The van der Waals surface area contributed by atoms with Crippen molar-refractivity contribution in [2.75, 3.05) is 25.8 Å². The van der Waals surface area contributed by atoms with Crippen LogP contribution in [0, 0.1) is 0 Å². The van der Waals surface area contributed by atoms with Crippen LogP contribution in [-0.4, -0.2) is 37.8 Å².